The van der Waals surface area contributed by atoms with Gasteiger partial charge in [-0.2, -0.15) is 0 Å². The van der Waals surface area contributed by atoms with Gasteiger partial charge in [0.2, 0.25) is 0 Å². The van der Waals surface area contributed by atoms with Gasteiger partial charge in [0, 0.05) is 6.61 Å². The summed E-state index contributed by atoms with van der Waals surface area (Å²) in [4.78, 5) is 0. The molecule has 0 aliphatic heterocycles. The maximum absolute atomic E-state index is 6.30. The van der Waals surface area contributed by atoms with Crippen molar-refractivity contribution in [1.82, 2.24) is 0 Å². The maximum Gasteiger partial charge on any atom is 0.173 e. The van der Waals surface area contributed by atoms with Crippen molar-refractivity contribution in [3.8, 4) is 0 Å². The van der Waals surface area contributed by atoms with E-state index in [4.69, 9.17) is 7.11 Å². The zero-order valence-electron chi connectivity index (χ0n) is 4.90. The normalized spacial score (nSPS) is 10.3. The second-order valence-corrected chi connectivity index (χ2v) is 2.03. The SMILES string of the molecule is [C]OCCC(C)C. The predicted octanol–water partition coefficient (Wildman–Crippen LogP) is 1.59. The molecule has 7 heavy (non-hydrogen) atoms. The summed E-state index contributed by atoms with van der Waals surface area (Å²) >= 11 is 0. The third-order valence-corrected chi connectivity index (χ3v) is 0.797. The van der Waals surface area contributed by atoms with Crippen LogP contribution in [0, 0.1) is 13.0 Å². The van der Waals surface area contributed by atoms with E-state index in [0.717, 1.165) is 6.42 Å². The van der Waals surface area contributed by atoms with Gasteiger partial charge in [0.25, 0.3) is 0 Å². The quantitative estimate of drug-likeness (QED) is 0.522. The average molecular weight is 99.2 g/mol. The molecule has 41 valence electrons. The first-order chi connectivity index (χ1) is 3.27. The van der Waals surface area contributed by atoms with Crippen molar-refractivity contribution >= 4 is 0 Å². The molecule has 0 aromatic rings. The van der Waals surface area contributed by atoms with Crippen LogP contribution in [0.25, 0.3) is 0 Å². The fourth-order valence-corrected chi connectivity index (χ4v) is 0.295. The van der Waals surface area contributed by atoms with Crippen molar-refractivity contribution in [3.05, 3.63) is 7.11 Å². The fraction of sp³-hybridized carbons (Fsp3) is 0.833. The number of hydrogen-bond donors (Lipinski definition) is 0. The Kier molecular flexibility index (Phi) is 4.10. The summed E-state index contributed by atoms with van der Waals surface area (Å²) in [5.41, 5.74) is 0. The predicted molar refractivity (Wildman–Crippen MR) is 28.6 cm³/mol. The van der Waals surface area contributed by atoms with Crippen LogP contribution in [0.15, 0.2) is 0 Å². The highest BCUT2D eigenvalue weighted by molar-refractivity contribution is 4.40. The Morgan fingerprint density at radius 3 is 2.29 bits per heavy atom. The van der Waals surface area contributed by atoms with E-state index in [1.165, 1.54) is 0 Å². The van der Waals surface area contributed by atoms with Crippen molar-refractivity contribution in [2.24, 2.45) is 5.92 Å². The third kappa shape index (κ3) is 5.96. The molecule has 0 aromatic carbocycles. The van der Waals surface area contributed by atoms with Gasteiger partial charge in [-0.3, -0.25) is 0 Å². The smallest absolute Gasteiger partial charge is 0.173 e. The molecule has 0 unspecified atom stereocenters. The van der Waals surface area contributed by atoms with Crippen LogP contribution in [0.5, 0.6) is 0 Å². The molecule has 0 aliphatic rings. The van der Waals surface area contributed by atoms with Gasteiger partial charge in [0.15, 0.2) is 7.11 Å². The van der Waals surface area contributed by atoms with Crippen LogP contribution in [0.2, 0.25) is 0 Å². The van der Waals surface area contributed by atoms with Gasteiger partial charge in [0.1, 0.15) is 0 Å². The molecule has 0 saturated carbocycles. The molecular weight excluding hydrogens is 88.1 g/mol. The number of rotatable bonds is 3. The van der Waals surface area contributed by atoms with Crippen LogP contribution < -0.4 is 0 Å². The monoisotopic (exact) mass is 99.1 g/mol. The molecule has 0 N–H and O–H groups in total. The minimum Gasteiger partial charge on any atom is -0.365 e. The standard InChI is InChI=1S/C6H11O/c1-6(2)4-5-7-3/h6H,4-5H2,1-2H3. The number of hydrogen-bond acceptors (Lipinski definition) is 1. The largest absolute Gasteiger partial charge is 0.365 e. The minimum absolute atomic E-state index is 0.567. The summed E-state index contributed by atoms with van der Waals surface area (Å²) in [6.45, 7) is 4.79. The zero-order valence-corrected chi connectivity index (χ0v) is 4.90. The second kappa shape index (κ2) is 4.13. The lowest BCUT2D eigenvalue weighted by Gasteiger charge is -1.99. The summed E-state index contributed by atoms with van der Waals surface area (Å²) < 4.78 is 4.10. The molecule has 0 aromatic heterocycles. The van der Waals surface area contributed by atoms with Gasteiger partial charge < -0.3 is 4.74 Å². The highest BCUT2D eigenvalue weighted by atomic mass is 16.5. The van der Waals surface area contributed by atoms with E-state index in [9.17, 15) is 0 Å². The molecule has 0 bridgehead atoms. The van der Waals surface area contributed by atoms with Gasteiger partial charge in [0.05, 0.1) is 0 Å². The Morgan fingerprint density at radius 2 is 2.14 bits per heavy atom. The van der Waals surface area contributed by atoms with Crippen LogP contribution in [0.4, 0.5) is 0 Å². The molecule has 1 nitrogen and oxygen atoms in total. The van der Waals surface area contributed by atoms with E-state index in [1.807, 2.05) is 0 Å². The molecule has 3 radical (unpaired) electrons. The van der Waals surface area contributed by atoms with Crippen molar-refractivity contribution in [1.29, 1.82) is 0 Å². The summed E-state index contributed by atoms with van der Waals surface area (Å²) in [7, 11) is 6.30. The van der Waals surface area contributed by atoms with Crippen LogP contribution in [0.3, 0.4) is 0 Å². The van der Waals surface area contributed by atoms with Gasteiger partial charge >= 0.3 is 0 Å². The molecule has 0 fully saturated rings. The van der Waals surface area contributed by atoms with Crippen LogP contribution in [-0.2, 0) is 4.74 Å². The number of ether oxygens (including phenoxy) is 1. The van der Waals surface area contributed by atoms with Gasteiger partial charge in [-0.1, -0.05) is 13.8 Å². The van der Waals surface area contributed by atoms with Crippen LogP contribution in [0.1, 0.15) is 20.3 Å². The lowest BCUT2D eigenvalue weighted by Crippen LogP contribution is -1.92. The van der Waals surface area contributed by atoms with Gasteiger partial charge in [-0.05, 0) is 12.3 Å². The van der Waals surface area contributed by atoms with Gasteiger partial charge in [-0.25, -0.2) is 0 Å². The molecule has 0 aliphatic carbocycles. The first-order valence-electron chi connectivity index (χ1n) is 2.56. The fourth-order valence-electron chi connectivity index (χ4n) is 0.295. The van der Waals surface area contributed by atoms with Gasteiger partial charge in [-0.15, -0.1) is 0 Å². The van der Waals surface area contributed by atoms with Crippen molar-refractivity contribution in [2.75, 3.05) is 6.61 Å². The molecule has 1 heteroatoms. The molecule has 0 spiro atoms. The topological polar surface area (TPSA) is 9.23 Å². The third-order valence-electron chi connectivity index (χ3n) is 0.797. The van der Waals surface area contributed by atoms with E-state index in [1.54, 1.807) is 0 Å². The molecule has 0 heterocycles. The molecule has 0 amide bonds. The second-order valence-electron chi connectivity index (χ2n) is 2.03. The van der Waals surface area contributed by atoms with Crippen molar-refractivity contribution in [3.63, 3.8) is 0 Å². The molecular formula is C6H11O. The van der Waals surface area contributed by atoms with Crippen LogP contribution >= 0.6 is 0 Å². The molecule has 0 atom stereocenters. The summed E-state index contributed by atoms with van der Waals surface area (Å²) in [6.07, 6.45) is 0.990. The Morgan fingerprint density at radius 1 is 1.57 bits per heavy atom. The average Bonchev–Trinajstić information content (AvgIpc) is 1.61. The lowest BCUT2D eigenvalue weighted by atomic mass is 10.1. The van der Waals surface area contributed by atoms with Crippen LogP contribution in [-0.4, -0.2) is 6.61 Å². The first-order valence-corrected chi connectivity index (χ1v) is 2.56. The summed E-state index contributed by atoms with van der Waals surface area (Å²) in [6, 6.07) is 0. The van der Waals surface area contributed by atoms with E-state index < -0.39 is 0 Å². The highest BCUT2D eigenvalue weighted by Gasteiger charge is 1.89. The Hall–Kier alpha value is -0.0400. The lowest BCUT2D eigenvalue weighted by molar-refractivity contribution is 0.222. The van der Waals surface area contributed by atoms with Crippen molar-refractivity contribution in [2.45, 2.75) is 20.3 Å². The molecule has 0 rings (SSSR count). The molecule has 0 saturated heterocycles. The van der Waals surface area contributed by atoms with E-state index in [0.29, 0.717) is 12.5 Å². The van der Waals surface area contributed by atoms with E-state index >= 15 is 0 Å². The van der Waals surface area contributed by atoms with Crippen molar-refractivity contribution < 1.29 is 4.74 Å². The maximum atomic E-state index is 6.30. The van der Waals surface area contributed by atoms with E-state index in [2.05, 4.69) is 18.6 Å². The summed E-state index contributed by atoms with van der Waals surface area (Å²) in [5, 5.41) is 0. The minimum atomic E-state index is 0.567. The Bertz CT molecular complexity index is 33.2. The summed E-state index contributed by atoms with van der Waals surface area (Å²) in [5.74, 6) is 0.658. The van der Waals surface area contributed by atoms with E-state index in [-0.39, 0.29) is 0 Å². The highest BCUT2D eigenvalue weighted by Crippen LogP contribution is 1.97. The first kappa shape index (κ1) is 6.96. The Balaban J connectivity index is 2.68. The Labute approximate surface area is 45.7 Å². The zero-order chi connectivity index (χ0) is 5.70.